The van der Waals surface area contributed by atoms with Crippen LogP contribution >= 0.6 is 23.2 Å². The summed E-state index contributed by atoms with van der Waals surface area (Å²) in [5.74, 6) is 2.82. The molecular formula is C24H19Cl2NO4. The molecule has 0 aromatic heterocycles. The van der Waals surface area contributed by atoms with Gasteiger partial charge in [-0.05, 0) is 41.5 Å². The summed E-state index contributed by atoms with van der Waals surface area (Å²) in [6.07, 6.45) is 3.83. The zero-order valence-corrected chi connectivity index (χ0v) is 18.1. The van der Waals surface area contributed by atoms with Gasteiger partial charge in [0.25, 0.3) is 5.91 Å². The van der Waals surface area contributed by atoms with Gasteiger partial charge >= 0.3 is 0 Å². The molecule has 3 aromatic rings. The van der Waals surface area contributed by atoms with Crippen molar-refractivity contribution in [2.45, 2.75) is 6.10 Å². The topological polar surface area (TPSA) is 67.8 Å². The molecule has 5 nitrogen and oxygen atoms in total. The molecule has 0 saturated carbocycles. The summed E-state index contributed by atoms with van der Waals surface area (Å²) in [6, 6.07) is 17.1. The van der Waals surface area contributed by atoms with Crippen LogP contribution in [0.25, 0.3) is 11.1 Å². The molecule has 1 atom stereocenters. The molecule has 158 valence electrons. The first-order valence-electron chi connectivity index (χ1n) is 9.22. The van der Waals surface area contributed by atoms with Gasteiger partial charge in [0.05, 0.1) is 17.2 Å². The molecule has 0 aliphatic rings. The first kappa shape index (κ1) is 22.5. The summed E-state index contributed by atoms with van der Waals surface area (Å²) in [6.45, 7) is 0.120. The highest BCUT2D eigenvalue weighted by Crippen LogP contribution is 2.36. The average Bonchev–Trinajstić information content (AvgIpc) is 2.79. The summed E-state index contributed by atoms with van der Waals surface area (Å²) < 4.78 is 10.9. The maximum absolute atomic E-state index is 12.7. The van der Waals surface area contributed by atoms with Crippen LogP contribution in [0.4, 0.5) is 5.69 Å². The summed E-state index contributed by atoms with van der Waals surface area (Å²) in [7, 11) is 1.53. The minimum atomic E-state index is -1.42. The Morgan fingerprint density at radius 3 is 2.58 bits per heavy atom. The van der Waals surface area contributed by atoms with Crippen molar-refractivity contribution in [2.24, 2.45) is 0 Å². The first-order valence-corrected chi connectivity index (χ1v) is 9.97. The van der Waals surface area contributed by atoms with Gasteiger partial charge in [0.15, 0.2) is 17.6 Å². The molecule has 0 heterocycles. The lowest BCUT2D eigenvalue weighted by Crippen LogP contribution is -2.21. The van der Waals surface area contributed by atoms with E-state index in [4.69, 9.17) is 39.1 Å². The van der Waals surface area contributed by atoms with Gasteiger partial charge in [-0.1, -0.05) is 59.5 Å². The molecule has 0 spiro atoms. The normalized spacial score (nSPS) is 11.3. The Bertz CT molecular complexity index is 1140. The van der Waals surface area contributed by atoms with E-state index in [1.807, 2.05) is 18.2 Å². The summed E-state index contributed by atoms with van der Waals surface area (Å²) in [5.41, 5.74) is 2.37. The van der Waals surface area contributed by atoms with E-state index in [-0.39, 0.29) is 11.6 Å². The first-order chi connectivity index (χ1) is 14.9. The molecule has 0 fully saturated rings. The van der Waals surface area contributed by atoms with Crippen molar-refractivity contribution in [3.63, 3.8) is 0 Å². The fourth-order valence-corrected chi connectivity index (χ4v) is 3.26. The van der Waals surface area contributed by atoms with Crippen LogP contribution < -0.4 is 14.8 Å². The fraction of sp³-hybridized carbons (Fsp3) is 0.125. The Kier molecular flexibility index (Phi) is 7.43. The number of carbonyl (C=O) groups is 1. The predicted molar refractivity (Wildman–Crippen MR) is 123 cm³/mol. The largest absolute Gasteiger partial charge is 0.493 e. The molecule has 1 amide bonds. The Balaban J connectivity index is 1.87. The number of nitrogens with one attached hydrogen (secondary N) is 1. The third-order valence-corrected chi connectivity index (χ3v) is 5.22. The number of ether oxygens (including phenoxy) is 2. The van der Waals surface area contributed by atoms with Crippen LogP contribution in [0.2, 0.25) is 10.0 Å². The Labute approximate surface area is 190 Å². The highest BCUT2D eigenvalue weighted by Gasteiger charge is 2.20. The summed E-state index contributed by atoms with van der Waals surface area (Å²) >= 11 is 11.9. The number of hydrogen-bond acceptors (Lipinski definition) is 4. The van der Waals surface area contributed by atoms with Crippen LogP contribution in [0.3, 0.4) is 0 Å². The van der Waals surface area contributed by atoms with E-state index in [0.29, 0.717) is 27.8 Å². The van der Waals surface area contributed by atoms with Crippen LogP contribution in [-0.2, 0) is 4.79 Å². The third kappa shape index (κ3) is 5.31. The van der Waals surface area contributed by atoms with Crippen molar-refractivity contribution in [3.05, 3.63) is 76.3 Å². The minimum absolute atomic E-state index is 0.120. The lowest BCUT2D eigenvalue weighted by molar-refractivity contribution is -0.124. The summed E-state index contributed by atoms with van der Waals surface area (Å²) in [5, 5.41) is 13.8. The van der Waals surface area contributed by atoms with Gasteiger partial charge in [-0.2, -0.15) is 0 Å². The van der Waals surface area contributed by atoms with Crippen LogP contribution in [0, 0.1) is 12.3 Å². The van der Waals surface area contributed by atoms with Crippen molar-refractivity contribution in [1.82, 2.24) is 0 Å². The molecule has 0 aliphatic carbocycles. The third-order valence-electron chi connectivity index (χ3n) is 4.48. The van der Waals surface area contributed by atoms with E-state index in [1.54, 1.807) is 30.3 Å². The average molecular weight is 456 g/mol. The molecule has 3 aromatic carbocycles. The van der Waals surface area contributed by atoms with E-state index < -0.39 is 12.0 Å². The number of methoxy groups -OCH3 is 1. The standard InChI is InChI=1S/C24H19Cl2NO4/c1-3-12-31-21-11-9-15(14-22(21)30-2)17-6-4-5-7-20(17)27-24(29)23(28)16-8-10-18(25)19(26)13-16/h1,4-11,13-14,23,28H,12H2,2H3,(H,27,29). The second-order valence-corrected chi connectivity index (χ2v) is 7.28. The number of aliphatic hydroxyl groups is 1. The lowest BCUT2D eigenvalue weighted by Gasteiger charge is -2.16. The van der Waals surface area contributed by atoms with Crippen molar-refractivity contribution < 1.29 is 19.4 Å². The molecule has 7 heteroatoms. The zero-order valence-electron chi connectivity index (χ0n) is 16.6. The van der Waals surface area contributed by atoms with Gasteiger partial charge in [-0.15, -0.1) is 6.42 Å². The van der Waals surface area contributed by atoms with Crippen LogP contribution in [0.15, 0.2) is 60.7 Å². The summed E-state index contributed by atoms with van der Waals surface area (Å²) in [4.78, 5) is 12.7. The van der Waals surface area contributed by atoms with Crippen molar-refractivity contribution in [2.75, 3.05) is 19.0 Å². The smallest absolute Gasteiger partial charge is 0.257 e. The quantitative estimate of drug-likeness (QED) is 0.471. The van der Waals surface area contributed by atoms with Crippen molar-refractivity contribution in [1.29, 1.82) is 0 Å². The molecule has 0 bridgehead atoms. The monoisotopic (exact) mass is 455 g/mol. The van der Waals surface area contributed by atoms with E-state index in [1.165, 1.54) is 19.2 Å². The fourth-order valence-electron chi connectivity index (χ4n) is 2.95. The van der Waals surface area contributed by atoms with Gasteiger partial charge in [0, 0.05) is 11.3 Å². The lowest BCUT2D eigenvalue weighted by atomic mass is 10.0. The van der Waals surface area contributed by atoms with Crippen LogP contribution in [0.1, 0.15) is 11.7 Å². The molecule has 3 rings (SSSR count). The Morgan fingerprint density at radius 2 is 1.87 bits per heavy atom. The molecule has 0 radical (unpaired) electrons. The maximum atomic E-state index is 12.7. The number of benzene rings is 3. The van der Waals surface area contributed by atoms with Gasteiger partial charge in [-0.25, -0.2) is 0 Å². The molecule has 0 aliphatic heterocycles. The number of rotatable bonds is 7. The highest BCUT2D eigenvalue weighted by atomic mass is 35.5. The highest BCUT2D eigenvalue weighted by molar-refractivity contribution is 6.42. The molecular weight excluding hydrogens is 437 g/mol. The Hall–Kier alpha value is -3.17. The number of anilines is 1. The molecule has 31 heavy (non-hydrogen) atoms. The number of aliphatic hydroxyl groups excluding tert-OH is 1. The SMILES string of the molecule is C#CCOc1ccc(-c2ccccc2NC(=O)C(O)c2ccc(Cl)c(Cl)c2)cc1OC. The van der Waals surface area contributed by atoms with Gasteiger partial charge < -0.3 is 19.9 Å². The number of amides is 1. The van der Waals surface area contributed by atoms with Gasteiger partial charge in [-0.3, -0.25) is 4.79 Å². The second-order valence-electron chi connectivity index (χ2n) is 6.47. The van der Waals surface area contributed by atoms with Gasteiger partial charge in [0.2, 0.25) is 0 Å². The number of hydrogen-bond donors (Lipinski definition) is 2. The van der Waals surface area contributed by atoms with E-state index in [0.717, 1.165) is 11.1 Å². The minimum Gasteiger partial charge on any atom is -0.493 e. The number of halogens is 2. The van der Waals surface area contributed by atoms with Gasteiger partial charge in [0.1, 0.15) is 6.61 Å². The number of terminal acetylenes is 1. The second kappa shape index (κ2) is 10.2. The zero-order chi connectivity index (χ0) is 22.4. The molecule has 1 unspecified atom stereocenters. The van der Waals surface area contributed by atoms with Crippen LogP contribution in [0.5, 0.6) is 11.5 Å². The van der Waals surface area contributed by atoms with E-state index >= 15 is 0 Å². The molecule has 0 saturated heterocycles. The predicted octanol–water partition coefficient (Wildman–Crippen LogP) is 5.35. The Morgan fingerprint density at radius 1 is 1.10 bits per heavy atom. The van der Waals surface area contributed by atoms with E-state index in [2.05, 4.69) is 11.2 Å². The van der Waals surface area contributed by atoms with E-state index in [9.17, 15) is 9.90 Å². The van der Waals surface area contributed by atoms with Crippen molar-refractivity contribution in [3.8, 4) is 35.0 Å². The maximum Gasteiger partial charge on any atom is 0.257 e. The number of para-hydroxylation sites is 1. The van der Waals surface area contributed by atoms with Crippen LogP contribution in [-0.4, -0.2) is 24.7 Å². The molecule has 2 N–H and O–H groups in total. The number of carbonyl (C=O) groups excluding carboxylic acids is 1. The van der Waals surface area contributed by atoms with Crippen molar-refractivity contribution >= 4 is 34.8 Å².